The van der Waals surface area contributed by atoms with Crippen LogP contribution in [0.25, 0.3) is 0 Å². The number of aliphatic hydroxyl groups excluding tert-OH is 1. The fraction of sp³-hybridized carbons (Fsp3) is 0.389. The van der Waals surface area contributed by atoms with E-state index in [4.69, 9.17) is 4.74 Å². The zero-order valence-electron chi connectivity index (χ0n) is 14.5. The molecule has 1 fully saturated rings. The molecule has 3 rings (SSSR count). The fourth-order valence-corrected chi connectivity index (χ4v) is 3.14. The molecule has 1 atom stereocenters. The number of methoxy groups -OCH3 is 1. The summed E-state index contributed by atoms with van der Waals surface area (Å²) in [7, 11) is 2.92. The van der Waals surface area contributed by atoms with Crippen LogP contribution in [-0.2, 0) is 7.05 Å². The van der Waals surface area contributed by atoms with Gasteiger partial charge in [0.1, 0.15) is 17.3 Å². The van der Waals surface area contributed by atoms with Crippen molar-refractivity contribution in [3.63, 3.8) is 0 Å². The Morgan fingerprint density at radius 3 is 2.73 bits per heavy atom. The number of rotatable bonds is 5. The molecule has 0 bridgehead atoms. The number of aromatic nitrogens is 2. The molecule has 0 radical (unpaired) electrons. The van der Waals surface area contributed by atoms with Crippen LogP contribution in [0.4, 0.5) is 4.39 Å². The number of aliphatic hydroxyl groups is 1. The van der Waals surface area contributed by atoms with Gasteiger partial charge in [0.25, 0.3) is 11.5 Å². The van der Waals surface area contributed by atoms with Crippen LogP contribution in [0.3, 0.4) is 0 Å². The van der Waals surface area contributed by atoms with Gasteiger partial charge in [0.15, 0.2) is 0 Å². The molecular formula is C18H20FN3O4. The van der Waals surface area contributed by atoms with Crippen LogP contribution in [-0.4, -0.2) is 34.0 Å². The molecule has 26 heavy (non-hydrogen) atoms. The molecule has 138 valence electrons. The van der Waals surface area contributed by atoms with E-state index in [1.165, 1.54) is 44.5 Å². The lowest BCUT2D eigenvalue weighted by Gasteiger charge is -2.38. The van der Waals surface area contributed by atoms with Gasteiger partial charge in [0, 0.05) is 18.7 Å². The van der Waals surface area contributed by atoms with Crippen molar-refractivity contribution in [2.45, 2.75) is 25.0 Å². The number of halogens is 1. The van der Waals surface area contributed by atoms with Crippen molar-refractivity contribution in [2.75, 3.05) is 7.11 Å². The first-order valence-electron chi connectivity index (χ1n) is 8.25. The average Bonchev–Trinajstić information content (AvgIpc) is 2.59. The normalized spacial score (nSPS) is 20.2. The van der Waals surface area contributed by atoms with E-state index in [0.717, 1.165) is 4.68 Å². The predicted octanol–water partition coefficient (Wildman–Crippen LogP) is 1.17. The summed E-state index contributed by atoms with van der Waals surface area (Å²) in [5, 5.41) is 16.4. The second-order valence-corrected chi connectivity index (χ2v) is 6.40. The molecule has 0 aliphatic heterocycles. The quantitative estimate of drug-likeness (QED) is 0.834. The number of carbonyl (C=O) groups excluding carboxylic acids is 1. The van der Waals surface area contributed by atoms with Crippen molar-refractivity contribution >= 4 is 5.91 Å². The van der Waals surface area contributed by atoms with E-state index in [2.05, 4.69) is 10.4 Å². The Bertz CT molecular complexity index is 877. The van der Waals surface area contributed by atoms with Gasteiger partial charge in [-0.25, -0.2) is 9.07 Å². The second-order valence-electron chi connectivity index (χ2n) is 6.40. The van der Waals surface area contributed by atoms with Crippen molar-refractivity contribution in [3.8, 4) is 5.75 Å². The third kappa shape index (κ3) is 3.60. The first kappa shape index (κ1) is 18.1. The van der Waals surface area contributed by atoms with Crippen LogP contribution < -0.4 is 15.6 Å². The zero-order chi connectivity index (χ0) is 18.8. The molecule has 8 heteroatoms. The van der Waals surface area contributed by atoms with Crippen LogP contribution in [0.2, 0.25) is 0 Å². The Morgan fingerprint density at radius 1 is 1.38 bits per heavy atom. The van der Waals surface area contributed by atoms with Crippen molar-refractivity contribution in [3.05, 3.63) is 57.8 Å². The maximum atomic E-state index is 13.8. The summed E-state index contributed by atoms with van der Waals surface area (Å²) in [6.45, 7) is 0. The van der Waals surface area contributed by atoms with Gasteiger partial charge < -0.3 is 15.2 Å². The minimum atomic E-state index is -0.546. The van der Waals surface area contributed by atoms with E-state index in [-0.39, 0.29) is 17.2 Å². The number of hydrogen-bond acceptors (Lipinski definition) is 5. The van der Waals surface area contributed by atoms with Crippen LogP contribution in [0.1, 0.15) is 34.9 Å². The van der Waals surface area contributed by atoms with E-state index < -0.39 is 23.9 Å². The van der Waals surface area contributed by atoms with E-state index in [1.807, 2.05) is 0 Å². The summed E-state index contributed by atoms with van der Waals surface area (Å²) in [6, 6.07) is 6.16. The molecule has 7 nitrogen and oxygen atoms in total. The summed E-state index contributed by atoms with van der Waals surface area (Å²) in [4.78, 5) is 24.1. The topological polar surface area (TPSA) is 93.5 Å². The van der Waals surface area contributed by atoms with E-state index in [0.29, 0.717) is 24.2 Å². The molecule has 1 heterocycles. The number of nitrogens with zero attached hydrogens (tertiary/aromatic N) is 2. The lowest BCUT2D eigenvalue weighted by atomic mass is 9.74. The SMILES string of the molecule is COc1ccc(F)cc1[C@@H](NC(=O)c1ccc(=O)n(C)n1)C1CC(O)C1. The van der Waals surface area contributed by atoms with Crippen molar-refractivity contribution < 1.29 is 19.0 Å². The van der Waals surface area contributed by atoms with Gasteiger partial charge in [0.05, 0.1) is 19.3 Å². The third-order valence-electron chi connectivity index (χ3n) is 4.63. The smallest absolute Gasteiger partial charge is 0.272 e. The summed E-state index contributed by atoms with van der Waals surface area (Å²) in [5.74, 6) is -0.540. The first-order chi connectivity index (χ1) is 12.4. The molecule has 1 amide bonds. The molecular weight excluding hydrogens is 341 g/mol. The maximum Gasteiger partial charge on any atom is 0.272 e. The van der Waals surface area contributed by atoms with Gasteiger partial charge in [-0.3, -0.25) is 9.59 Å². The predicted molar refractivity (Wildman–Crippen MR) is 91.4 cm³/mol. The van der Waals surface area contributed by atoms with E-state index in [9.17, 15) is 19.1 Å². The molecule has 2 aromatic rings. The first-order valence-corrected chi connectivity index (χ1v) is 8.25. The highest BCUT2D eigenvalue weighted by Gasteiger charge is 2.37. The minimum absolute atomic E-state index is 0.0582. The highest BCUT2D eigenvalue weighted by atomic mass is 19.1. The average molecular weight is 361 g/mol. The van der Waals surface area contributed by atoms with Gasteiger partial charge in [-0.05, 0) is 43.0 Å². The Hall–Kier alpha value is -2.74. The second kappa shape index (κ2) is 7.25. The molecule has 1 saturated carbocycles. The van der Waals surface area contributed by atoms with E-state index >= 15 is 0 Å². The molecule has 1 aromatic carbocycles. The third-order valence-corrected chi connectivity index (χ3v) is 4.63. The molecule has 1 aromatic heterocycles. The van der Waals surface area contributed by atoms with Crippen LogP contribution >= 0.6 is 0 Å². The maximum absolute atomic E-state index is 13.8. The molecule has 2 N–H and O–H groups in total. The molecule has 1 aliphatic rings. The number of hydrogen-bond donors (Lipinski definition) is 2. The lowest BCUT2D eigenvalue weighted by molar-refractivity contribution is 0.0230. The van der Waals surface area contributed by atoms with Crippen molar-refractivity contribution in [2.24, 2.45) is 13.0 Å². The number of amides is 1. The van der Waals surface area contributed by atoms with Gasteiger partial charge in [0.2, 0.25) is 0 Å². The summed E-state index contributed by atoms with van der Waals surface area (Å²) in [6.07, 6.45) is 0.547. The number of ether oxygens (including phenoxy) is 1. The minimum Gasteiger partial charge on any atom is -0.496 e. The lowest BCUT2D eigenvalue weighted by Crippen LogP contribution is -2.42. The van der Waals surface area contributed by atoms with Crippen molar-refractivity contribution in [1.29, 1.82) is 0 Å². The number of benzene rings is 1. The molecule has 0 unspecified atom stereocenters. The zero-order valence-corrected chi connectivity index (χ0v) is 14.5. The van der Waals surface area contributed by atoms with Gasteiger partial charge >= 0.3 is 0 Å². The number of carbonyl (C=O) groups is 1. The monoisotopic (exact) mass is 361 g/mol. The highest BCUT2D eigenvalue weighted by Crippen LogP contribution is 2.41. The molecule has 0 spiro atoms. The number of nitrogens with one attached hydrogen (secondary N) is 1. The molecule has 1 aliphatic carbocycles. The Morgan fingerprint density at radius 2 is 2.12 bits per heavy atom. The van der Waals surface area contributed by atoms with Gasteiger partial charge in [-0.2, -0.15) is 5.10 Å². The number of aryl methyl sites for hydroxylation is 1. The Labute approximate surface area is 149 Å². The summed E-state index contributed by atoms with van der Waals surface area (Å²) >= 11 is 0. The Balaban J connectivity index is 1.92. The summed E-state index contributed by atoms with van der Waals surface area (Å²) in [5.41, 5.74) is 0.252. The van der Waals surface area contributed by atoms with Crippen LogP contribution in [0.5, 0.6) is 5.75 Å². The van der Waals surface area contributed by atoms with Crippen molar-refractivity contribution in [1.82, 2.24) is 15.1 Å². The van der Waals surface area contributed by atoms with Crippen LogP contribution in [0.15, 0.2) is 35.1 Å². The standard InChI is InChI=1S/C18H20FN3O4/c1-22-16(24)6-4-14(21-22)18(25)20-17(10-7-12(23)8-10)13-9-11(19)3-5-15(13)26-2/h3-6,9-10,12,17,23H,7-8H2,1-2H3,(H,20,25)/t10?,12?,17-/m0/s1. The highest BCUT2D eigenvalue weighted by molar-refractivity contribution is 5.92. The van der Waals surface area contributed by atoms with Gasteiger partial charge in [-0.15, -0.1) is 0 Å². The van der Waals surface area contributed by atoms with Crippen LogP contribution in [0, 0.1) is 11.7 Å². The fourth-order valence-electron chi connectivity index (χ4n) is 3.14. The summed E-state index contributed by atoms with van der Waals surface area (Å²) < 4.78 is 20.2. The van der Waals surface area contributed by atoms with E-state index in [1.54, 1.807) is 0 Å². The van der Waals surface area contributed by atoms with Gasteiger partial charge in [-0.1, -0.05) is 0 Å². The largest absolute Gasteiger partial charge is 0.496 e. The Kier molecular flexibility index (Phi) is 5.03. The molecule has 0 saturated heterocycles.